The lowest BCUT2D eigenvalue weighted by atomic mass is 10.2. The molecule has 3 rings (SSSR count). The zero-order valence-corrected chi connectivity index (χ0v) is 15.4. The van der Waals surface area contributed by atoms with Crippen molar-refractivity contribution in [1.29, 1.82) is 0 Å². The van der Waals surface area contributed by atoms with Gasteiger partial charge in [0.05, 0.1) is 19.2 Å². The molecule has 0 amide bonds. The second kappa shape index (κ2) is 6.72. The van der Waals surface area contributed by atoms with E-state index in [9.17, 15) is 9.59 Å². The van der Waals surface area contributed by atoms with Crippen LogP contribution in [0.25, 0.3) is 23.3 Å². The molecule has 0 aliphatic rings. The molecule has 0 atom stereocenters. The summed E-state index contributed by atoms with van der Waals surface area (Å²) in [5.41, 5.74) is 0.363. The second-order valence-corrected chi connectivity index (χ2v) is 5.94. The van der Waals surface area contributed by atoms with Crippen LogP contribution in [0.4, 0.5) is 0 Å². The van der Waals surface area contributed by atoms with E-state index in [4.69, 9.17) is 21.1 Å². The third-order valence-corrected chi connectivity index (χ3v) is 4.44. The Hall–Kier alpha value is -3.00. The molecule has 26 heavy (non-hydrogen) atoms. The van der Waals surface area contributed by atoms with Gasteiger partial charge in [0.2, 0.25) is 0 Å². The van der Waals surface area contributed by atoms with Crippen molar-refractivity contribution in [2.75, 3.05) is 14.2 Å². The summed E-state index contributed by atoms with van der Waals surface area (Å²) in [5, 5.41) is 0.391. The zero-order valence-electron chi connectivity index (χ0n) is 14.7. The number of aromatic amines is 1. The summed E-state index contributed by atoms with van der Waals surface area (Å²) in [6, 6.07) is 3.51. The Kier molecular flexibility index (Phi) is 4.60. The van der Waals surface area contributed by atoms with Gasteiger partial charge in [-0.2, -0.15) is 0 Å². The molecule has 0 aliphatic carbocycles. The average molecular weight is 377 g/mol. The van der Waals surface area contributed by atoms with Crippen LogP contribution in [0, 0.1) is 0 Å². The van der Waals surface area contributed by atoms with Crippen LogP contribution < -0.4 is 20.7 Å². The molecule has 136 valence electrons. The fourth-order valence-corrected chi connectivity index (χ4v) is 2.92. The second-order valence-electron chi connectivity index (χ2n) is 5.56. The van der Waals surface area contributed by atoms with E-state index in [1.54, 1.807) is 31.3 Å². The highest BCUT2D eigenvalue weighted by molar-refractivity contribution is 6.34. The van der Waals surface area contributed by atoms with Gasteiger partial charge in [-0.15, -0.1) is 0 Å². The number of methoxy groups -OCH3 is 2. The lowest BCUT2D eigenvalue weighted by Crippen LogP contribution is -2.36. The maximum atomic E-state index is 12.2. The van der Waals surface area contributed by atoms with Crippen molar-refractivity contribution in [3.8, 4) is 11.5 Å². The summed E-state index contributed by atoms with van der Waals surface area (Å²) >= 11 is 6.34. The number of halogens is 1. The first-order valence-electron chi connectivity index (χ1n) is 7.63. The monoisotopic (exact) mass is 376 g/mol. The molecule has 9 heteroatoms. The third-order valence-electron chi connectivity index (χ3n) is 4.05. The summed E-state index contributed by atoms with van der Waals surface area (Å²) < 4.78 is 12.8. The highest BCUT2D eigenvalue weighted by atomic mass is 35.5. The molecule has 2 heterocycles. The molecule has 0 unspecified atom stereocenters. The first-order valence-corrected chi connectivity index (χ1v) is 8.01. The summed E-state index contributed by atoms with van der Waals surface area (Å²) in [7, 11) is 6.02. The van der Waals surface area contributed by atoms with Crippen molar-refractivity contribution < 1.29 is 9.47 Å². The van der Waals surface area contributed by atoms with Crippen LogP contribution in [0.5, 0.6) is 11.5 Å². The van der Waals surface area contributed by atoms with Gasteiger partial charge in [-0.3, -0.25) is 13.9 Å². The summed E-state index contributed by atoms with van der Waals surface area (Å²) in [6.45, 7) is 0. The molecule has 0 radical (unpaired) electrons. The molecule has 2 aromatic heterocycles. The quantitative estimate of drug-likeness (QED) is 0.749. The highest BCUT2D eigenvalue weighted by Gasteiger charge is 2.13. The topological polar surface area (TPSA) is 91.1 Å². The lowest BCUT2D eigenvalue weighted by Gasteiger charge is -2.10. The first-order chi connectivity index (χ1) is 12.4. The van der Waals surface area contributed by atoms with Gasteiger partial charge in [-0.1, -0.05) is 11.6 Å². The van der Waals surface area contributed by atoms with Crippen molar-refractivity contribution in [2.24, 2.45) is 14.1 Å². The number of aromatic nitrogens is 4. The minimum absolute atomic E-state index is 0.257. The number of H-pyrrole nitrogens is 1. The largest absolute Gasteiger partial charge is 0.493 e. The fraction of sp³-hybridized carbons (Fsp3) is 0.235. The van der Waals surface area contributed by atoms with Crippen molar-refractivity contribution >= 4 is 34.9 Å². The van der Waals surface area contributed by atoms with Gasteiger partial charge in [-0.25, -0.2) is 9.78 Å². The molecule has 3 aromatic rings. The third kappa shape index (κ3) is 2.78. The maximum absolute atomic E-state index is 12.2. The molecular weight excluding hydrogens is 360 g/mol. The van der Waals surface area contributed by atoms with Crippen LogP contribution in [0.1, 0.15) is 11.4 Å². The normalized spacial score (nSPS) is 11.4. The van der Waals surface area contributed by atoms with Gasteiger partial charge >= 0.3 is 5.69 Å². The SMILES string of the molecule is COc1ccc(C=Cc2nc3c([nH]2)c(=O)n(C)c(=O)n3C)c(Cl)c1OC. The standard InChI is InChI=1S/C17H17ClN4O4/c1-21-15-13(16(23)22(2)17(21)24)19-11(20-15)8-6-9-5-7-10(25-3)14(26-4)12(9)18/h5-8H,1-4H3,(H,19,20). The Balaban J connectivity index is 2.08. The van der Waals surface area contributed by atoms with Crippen LogP contribution in [0.2, 0.25) is 5.02 Å². The number of imidazole rings is 1. The van der Waals surface area contributed by atoms with E-state index in [0.717, 1.165) is 4.57 Å². The van der Waals surface area contributed by atoms with Crippen LogP contribution in [0.3, 0.4) is 0 Å². The Bertz CT molecular complexity index is 1140. The van der Waals surface area contributed by atoms with Crippen molar-refractivity contribution in [3.05, 3.63) is 49.4 Å². The van der Waals surface area contributed by atoms with Crippen molar-refractivity contribution in [1.82, 2.24) is 19.1 Å². The fourth-order valence-electron chi connectivity index (χ4n) is 2.62. The predicted molar refractivity (Wildman–Crippen MR) is 100 cm³/mol. The Morgan fingerprint density at radius 3 is 2.50 bits per heavy atom. The number of rotatable bonds is 4. The van der Waals surface area contributed by atoms with E-state index < -0.39 is 11.2 Å². The lowest BCUT2D eigenvalue weighted by molar-refractivity contribution is 0.355. The van der Waals surface area contributed by atoms with E-state index in [1.807, 2.05) is 0 Å². The van der Waals surface area contributed by atoms with Gasteiger partial charge in [0.25, 0.3) is 5.56 Å². The van der Waals surface area contributed by atoms with Crippen molar-refractivity contribution in [2.45, 2.75) is 0 Å². The molecular formula is C17H17ClN4O4. The maximum Gasteiger partial charge on any atom is 0.332 e. The van der Waals surface area contributed by atoms with Crippen LogP contribution in [-0.2, 0) is 14.1 Å². The minimum Gasteiger partial charge on any atom is -0.493 e. The Labute approximate surface area is 153 Å². The van der Waals surface area contributed by atoms with E-state index in [2.05, 4.69) is 9.97 Å². The molecule has 0 aliphatic heterocycles. The van der Waals surface area contributed by atoms with Gasteiger partial charge in [-0.05, 0) is 29.8 Å². The predicted octanol–water partition coefficient (Wildman–Crippen LogP) is 1.80. The van der Waals surface area contributed by atoms with E-state index in [0.29, 0.717) is 27.9 Å². The van der Waals surface area contributed by atoms with Crippen molar-refractivity contribution in [3.63, 3.8) is 0 Å². The van der Waals surface area contributed by atoms with Gasteiger partial charge in [0, 0.05) is 14.1 Å². The van der Waals surface area contributed by atoms with Gasteiger partial charge in [0.1, 0.15) is 11.3 Å². The molecule has 0 saturated carbocycles. The van der Waals surface area contributed by atoms with E-state index in [-0.39, 0.29) is 11.2 Å². The summed E-state index contributed by atoms with van der Waals surface area (Å²) in [4.78, 5) is 31.4. The van der Waals surface area contributed by atoms with Gasteiger partial charge < -0.3 is 14.5 Å². The number of benzene rings is 1. The summed E-state index contributed by atoms with van der Waals surface area (Å²) in [6.07, 6.45) is 3.39. The smallest absolute Gasteiger partial charge is 0.332 e. The number of ether oxygens (including phenoxy) is 2. The van der Waals surface area contributed by atoms with Gasteiger partial charge in [0.15, 0.2) is 17.1 Å². The molecule has 0 bridgehead atoms. The average Bonchev–Trinajstić information content (AvgIpc) is 3.07. The molecule has 0 saturated heterocycles. The van der Waals surface area contributed by atoms with Crippen LogP contribution >= 0.6 is 11.6 Å². The zero-order chi connectivity index (χ0) is 19.0. The number of aryl methyl sites for hydroxylation is 1. The first kappa shape index (κ1) is 17.8. The number of hydrogen-bond donors (Lipinski definition) is 1. The molecule has 0 spiro atoms. The minimum atomic E-state index is -0.438. The van der Waals surface area contributed by atoms with E-state index >= 15 is 0 Å². The Morgan fingerprint density at radius 1 is 1.12 bits per heavy atom. The van der Waals surface area contributed by atoms with Crippen LogP contribution in [-0.4, -0.2) is 33.3 Å². The molecule has 8 nitrogen and oxygen atoms in total. The number of nitrogens with zero attached hydrogens (tertiary/aromatic N) is 3. The molecule has 0 fully saturated rings. The highest BCUT2D eigenvalue weighted by Crippen LogP contribution is 2.37. The number of nitrogens with one attached hydrogen (secondary N) is 1. The number of fused-ring (bicyclic) bond motifs is 1. The Morgan fingerprint density at radius 2 is 1.85 bits per heavy atom. The molecule has 1 N–H and O–H groups in total. The number of hydrogen-bond acceptors (Lipinski definition) is 5. The molecule has 1 aromatic carbocycles. The van der Waals surface area contributed by atoms with E-state index in [1.165, 1.54) is 25.8 Å². The van der Waals surface area contributed by atoms with Crippen LogP contribution in [0.15, 0.2) is 21.7 Å². The summed E-state index contributed by atoms with van der Waals surface area (Å²) in [5.74, 6) is 1.37.